The van der Waals surface area contributed by atoms with Crippen molar-refractivity contribution in [2.24, 2.45) is 4.99 Å². The molecule has 0 radical (unpaired) electrons. The summed E-state index contributed by atoms with van der Waals surface area (Å²) in [5.41, 5.74) is 0.205. The second kappa shape index (κ2) is 2.55. The zero-order valence-corrected chi connectivity index (χ0v) is 6.36. The van der Waals surface area contributed by atoms with Gasteiger partial charge in [0.15, 0.2) is 0 Å². The fraction of sp³-hybridized carbons (Fsp3) is 0.222. The van der Waals surface area contributed by atoms with E-state index in [1.165, 1.54) is 6.08 Å². The Labute approximate surface area is 69.7 Å². The van der Waals surface area contributed by atoms with Crippen LogP contribution < -0.4 is 0 Å². The van der Waals surface area contributed by atoms with E-state index in [4.69, 9.17) is 4.74 Å². The molecule has 1 saturated heterocycles. The van der Waals surface area contributed by atoms with Gasteiger partial charge in [0.05, 0.1) is 0 Å². The van der Waals surface area contributed by atoms with Crippen LogP contribution >= 0.6 is 0 Å². The highest BCUT2D eigenvalue weighted by Crippen LogP contribution is 2.39. The molecule has 0 N–H and O–H groups in total. The summed E-state index contributed by atoms with van der Waals surface area (Å²) in [7, 11) is 0. The number of hydrogen-bond donors (Lipinski definition) is 0. The van der Waals surface area contributed by atoms with Crippen LogP contribution in [0.1, 0.15) is 5.56 Å². The molecule has 1 aromatic carbocycles. The molecule has 0 aromatic heterocycles. The van der Waals surface area contributed by atoms with E-state index in [-0.39, 0.29) is 0 Å². The normalized spacial score (nSPS) is 26.0. The minimum absolute atomic E-state index is 0.478. The molecule has 60 valence electrons. The van der Waals surface area contributed by atoms with Gasteiger partial charge in [0.2, 0.25) is 11.8 Å². The van der Waals surface area contributed by atoms with Gasteiger partial charge in [0, 0.05) is 5.56 Å². The van der Waals surface area contributed by atoms with Gasteiger partial charge < -0.3 is 4.74 Å². The highest BCUT2D eigenvalue weighted by Gasteiger charge is 2.46. The molecule has 1 aliphatic rings. The summed E-state index contributed by atoms with van der Waals surface area (Å²) in [5.74, 6) is 0. The summed E-state index contributed by atoms with van der Waals surface area (Å²) < 4.78 is 5.09. The van der Waals surface area contributed by atoms with Crippen molar-refractivity contribution in [2.45, 2.75) is 5.72 Å². The van der Waals surface area contributed by atoms with Crippen molar-refractivity contribution in [1.29, 1.82) is 0 Å². The monoisotopic (exact) mass is 161 g/mol. The van der Waals surface area contributed by atoms with E-state index in [0.29, 0.717) is 6.61 Å². The Morgan fingerprint density at radius 3 is 2.58 bits per heavy atom. The topological polar surface area (TPSA) is 42.0 Å². The predicted octanol–water partition coefficient (Wildman–Crippen LogP) is 1.21. The Balaban J connectivity index is 2.37. The molecule has 1 heterocycles. The van der Waals surface area contributed by atoms with Crippen LogP contribution in [0.15, 0.2) is 35.3 Å². The van der Waals surface area contributed by atoms with Gasteiger partial charge in [-0.1, -0.05) is 30.3 Å². The SMILES string of the molecule is O=C=NC1(c2ccccc2)CO1. The van der Waals surface area contributed by atoms with Gasteiger partial charge in [-0.25, -0.2) is 4.79 Å². The van der Waals surface area contributed by atoms with Gasteiger partial charge in [-0.15, -0.1) is 0 Å². The first-order valence-electron chi connectivity index (χ1n) is 3.66. The molecule has 12 heavy (non-hydrogen) atoms. The molecule has 1 aliphatic heterocycles. The van der Waals surface area contributed by atoms with Crippen LogP contribution in [0.4, 0.5) is 0 Å². The Bertz CT molecular complexity index is 324. The largest absolute Gasteiger partial charge is 0.342 e. The van der Waals surface area contributed by atoms with Crippen molar-refractivity contribution in [2.75, 3.05) is 6.61 Å². The summed E-state index contributed by atoms with van der Waals surface area (Å²) in [4.78, 5) is 13.7. The van der Waals surface area contributed by atoms with Gasteiger partial charge >= 0.3 is 0 Å². The maximum atomic E-state index is 10.1. The molecular weight excluding hydrogens is 154 g/mol. The first-order chi connectivity index (χ1) is 5.87. The van der Waals surface area contributed by atoms with Gasteiger partial charge in [0.25, 0.3) is 0 Å². The summed E-state index contributed by atoms with van der Waals surface area (Å²) in [6.45, 7) is 0.478. The Morgan fingerprint density at radius 1 is 1.42 bits per heavy atom. The third-order valence-corrected chi connectivity index (χ3v) is 1.87. The van der Waals surface area contributed by atoms with E-state index in [1.807, 2.05) is 30.3 Å². The van der Waals surface area contributed by atoms with Crippen molar-refractivity contribution in [3.05, 3.63) is 35.9 Å². The average molecular weight is 161 g/mol. The summed E-state index contributed by atoms with van der Waals surface area (Å²) in [6, 6.07) is 9.45. The second-order valence-electron chi connectivity index (χ2n) is 2.64. The number of isocyanates is 1. The van der Waals surface area contributed by atoms with Gasteiger partial charge in [-0.3, -0.25) is 0 Å². The quantitative estimate of drug-likeness (QED) is 0.371. The van der Waals surface area contributed by atoms with Crippen molar-refractivity contribution < 1.29 is 9.53 Å². The third-order valence-electron chi connectivity index (χ3n) is 1.87. The van der Waals surface area contributed by atoms with Crippen molar-refractivity contribution in [3.8, 4) is 0 Å². The molecular formula is C9H7NO2. The van der Waals surface area contributed by atoms with Gasteiger partial charge in [-0.05, 0) is 0 Å². The fourth-order valence-electron chi connectivity index (χ4n) is 1.14. The Hall–Kier alpha value is -1.44. The molecule has 1 atom stereocenters. The number of ether oxygens (including phenoxy) is 1. The number of hydrogen-bond acceptors (Lipinski definition) is 3. The van der Waals surface area contributed by atoms with Crippen LogP contribution in [-0.4, -0.2) is 12.7 Å². The lowest BCUT2D eigenvalue weighted by molar-refractivity contribution is 0.317. The second-order valence-corrected chi connectivity index (χ2v) is 2.64. The van der Waals surface area contributed by atoms with E-state index < -0.39 is 5.72 Å². The standard InChI is InChI=1S/C9H7NO2/c11-7-10-9(6-12-9)8-4-2-1-3-5-8/h1-5H,6H2. The first kappa shape index (κ1) is 7.22. The molecule has 0 saturated carbocycles. The third kappa shape index (κ3) is 1.05. The van der Waals surface area contributed by atoms with Crippen molar-refractivity contribution in [3.63, 3.8) is 0 Å². The van der Waals surface area contributed by atoms with Crippen LogP contribution in [0, 0.1) is 0 Å². The molecule has 0 aliphatic carbocycles. The molecule has 3 heteroatoms. The van der Waals surface area contributed by atoms with Crippen LogP contribution in [-0.2, 0) is 15.3 Å². The zero-order chi connectivity index (χ0) is 8.44. The van der Waals surface area contributed by atoms with Crippen LogP contribution in [0.2, 0.25) is 0 Å². The van der Waals surface area contributed by atoms with E-state index in [9.17, 15) is 4.79 Å². The molecule has 0 amide bonds. The number of benzene rings is 1. The lowest BCUT2D eigenvalue weighted by Crippen LogP contribution is -2.03. The zero-order valence-electron chi connectivity index (χ0n) is 6.36. The highest BCUT2D eigenvalue weighted by molar-refractivity contribution is 5.38. The van der Waals surface area contributed by atoms with Crippen molar-refractivity contribution in [1.82, 2.24) is 0 Å². The predicted molar refractivity (Wildman–Crippen MR) is 42.2 cm³/mol. The van der Waals surface area contributed by atoms with Crippen molar-refractivity contribution >= 4 is 6.08 Å². The minimum atomic E-state index is -0.705. The number of rotatable bonds is 2. The smallest absolute Gasteiger partial charge is 0.238 e. The number of nitrogens with zero attached hydrogens (tertiary/aromatic N) is 1. The summed E-state index contributed by atoms with van der Waals surface area (Å²) >= 11 is 0. The maximum absolute atomic E-state index is 10.1. The Kier molecular flexibility index (Phi) is 1.54. The Morgan fingerprint density at radius 2 is 2.08 bits per heavy atom. The van der Waals surface area contributed by atoms with E-state index >= 15 is 0 Å². The fourth-order valence-corrected chi connectivity index (χ4v) is 1.14. The minimum Gasteiger partial charge on any atom is -0.342 e. The van der Waals surface area contributed by atoms with E-state index in [2.05, 4.69) is 4.99 Å². The van der Waals surface area contributed by atoms with Gasteiger partial charge in [-0.2, -0.15) is 4.99 Å². The average Bonchev–Trinajstić information content (AvgIpc) is 2.88. The van der Waals surface area contributed by atoms with Crippen LogP contribution in [0.5, 0.6) is 0 Å². The first-order valence-corrected chi connectivity index (χ1v) is 3.66. The molecule has 2 rings (SSSR count). The number of carbonyl (C=O) groups excluding carboxylic acids is 1. The lowest BCUT2D eigenvalue weighted by atomic mass is 10.1. The maximum Gasteiger partial charge on any atom is 0.238 e. The number of aliphatic imine (C=N–C) groups is 1. The summed E-state index contributed by atoms with van der Waals surface area (Å²) in [6.07, 6.45) is 1.52. The highest BCUT2D eigenvalue weighted by atomic mass is 16.6. The van der Waals surface area contributed by atoms with Crippen LogP contribution in [0.25, 0.3) is 0 Å². The lowest BCUT2D eigenvalue weighted by Gasteiger charge is -2.02. The molecule has 1 aromatic rings. The number of epoxide rings is 1. The van der Waals surface area contributed by atoms with Gasteiger partial charge in [0.1, 0.15) is 6.61 Å². The summed E-state index contributed by atoms with van der Waals surface area (Å²) in [5, 5.41) is 0. The molecule has 0 spiro atoms. The van der Waals surface area contributed by atoms with Crippen LogP contribution in [0.3, 0.4) is 0 Å². The molecule has 1 unspecified atom stereocenters. The van der Waals surface area contributed by atoms with E-state index in [1.54, 1.807) is 0 Å². The molecule has 1 fully saturated rings. The molecule has 0 bridgehead atoms. The van der Waals surface area contributed by atoms with E-state index in [0.717, 1.165) is 5.56 Å². The molecule has 3 nitrogen and oxygen atoms in total.